The molecular weight excluding hydrogens is 288 g/mol. The normalized spacial score (nSPS) is 11.6. The van der Waals surface area contributed by atoms with Gasteiger partial charge in [-0.1, -0.05) is 36.4 Å². The third-order valence-electron chi connectivity index (χ3n) is 2.59. The first kappa shape index (κ1) is 15.5. The number of nitrogens with one attached hydrogen (secondary N) is 1. The van der Waals surface area contributed by atoms with Crippen LogP contribution in [0.4, 0.5) is 0 Å². The standard InChI is InChI=1S/C15H18N2O3S/c1-12(2)17-21(18,19)15-10-6-9-14(16-15)20-11-13-7-4-3-5-8-13/h3-10,12,17H,11H2,1-2H3. The first-order chi connectivity index (χ1) is 9.97. The summed E-state index contributed by atoms with van der Waals surface area (Å²) in [5.74, 6) is 0.283. The Hall–Kier alpha value is -1.92. The van der Waals surface area contributed by atoms with Crippen molar-refractivity contribution in [3.8, 4) is 5.88 Å². The van der Waals surface area contributed by atoms with Gasteiger partial charge >= 0.3 is 0 Å². The van der Waals surface area contributed by atoms with Crippen molar-refractivity contribution in [3.63, 3.8) is 0 Å². The van der Waals surface area contributed by atoms with Crippen molar-refractivity contribution < 1.29 is 13.2 Å². The van der Waals surface area contributed by atoms with Crippen molar-refractivity contribution in [1.82, 2.24) is 9.71 Å². The summed E-state index contributed by atoms with van der Waals surface area (Å²) >= 11 is 0. The maximum Gasteiger partial charge on any atom is 0.258 e. The zero-order chi connectivity index (χ0) is 15.3. The fraction of sp³-hybridized carbons (Fsp3) is 0.267. The third kappa shape index (κ3) is 4.54. The molecule has 1 aromatic heterocycles. The van der Waals surface area contributed by atoms with Crippen LogP contribution in [0.5, 0.6) is 5.88 Å². The Kier molecular flexibility index (Phi) is 4.93. The molecule has 0 atom stereocenters. The molecule has 1 heterocycles. The molecule has 21 heavy (non-hydrogen) atoms. The summed E-state index contributed by atoms with van der Waals surface area (Å²) in [6.07, 6.45) is 0. The largest absolute Gasteiger partial charge is 0.473 e. The average Bonchev–Trinajstić information content (AvgIpc) is 2.45. The van der Waals surface area contributed by atoms with Gasteiger partial charge in [0.1, 0.15) is 6.61 Å². The number of pyridine rings is 1. The summed E-state index contributed by atoms with van der Waals surface area (Å²) in [5.41, 5.74) is 0.993. The molecule has 5 nitrogen and oxygen atoms in total. The highest BCUT2D eigenvalue weighted by Gasteiger charge is 2.17. The number of ether oxygens (including phenoxy) is 1. The van der Waals surface area contributed by atoms with Gasteiger partial charge in [0.25, 0.3) is 10.0 Å². The van der Waals surface area contributed by atoms with Crippen LogP contribution in [-0.2, 0) is 16.6 Å². The lowest BCUT2D eigenvalue weighted by Gasteiger charge is -2.10. The summed E-state index contributed by atoms with van der Waals surface area (Å²) in [5, 5.41) is -0.0400. The van der Waals surface area contributed by atoms with E-state index in [-0.39, 0.29) is 16.9 Å². The van der Waals surface area contributed by atoms with Crippen molar-refractivity contribution in [2.24, 2.45) is 0 Å². The van der Waals surface area contributed by atoms with Gasteiger partial charge < -0.3 is 4.74 Å². The molecule has 0 aliphatic carbocycles. The summed E-state index contributed by atoms with van der Waals surface area (Å²) in [7, 11) is -3.61. The molecule has 0 bridgehead atoms. The molecule has 0 amide bonds. The predicted octanol–water partition coefficient (Wildman–Crippen LogP) is 2.35. The second-order valence-electron chi connectivity index (χ2n) is 4.86. The van der Waals surface area contributed by atoms with Gasteiger partial charge in [-0.3, -0.25) is 0 Å². The van der Waals surface area contributed by atoms with Gasteiger partial charge in [-0.25, -0.2) is 18.1 Å². The lowest BCUT2D eigenvalue weighted by Crippen LogP contribution is -2.30. The van der Waals surface area contributed by atoms with E-state index >= 15 is 0 Å². The maximum absolute atomic E-state index is 12.0. The minimum Gasteiger partial charge on any atom is -0.473 e. The van der Waals surface area contributed by atoms with Crippen LogP contribution in [0.1, 0.15) is 19.4 Å². The van der Waals surface area contributed by atoms with E-state index in [1.165, 1.54) is 6.07 Å². The van der Waals surface area contributed by atoms with Crippen LogP contribution in [0, 0.1) is 0 Å². The van der Waals surface area contributed by atoms with Crippen molar-refractivity contribution in [1.29, 1.82) is 0 Å². The quantitative estimate of drug-likeness (QED) is 0.889. The number of benzene rings is 1. The Balaban J connectivity index is 2.11. The van der Waals surface area contributed by atoms with Crippen molar-refractivity contribution in [2.75, 3.05) is 0 Å². The van der Waals surface area contributed by atoms with Crippen LogP contribution < -0.4 is 9.46 Å². The predicted molar refractivity (Wildman–Crippen MR) is 80.5 cm³/mol. The van der Waals surface area contributed by atoms with Crippen molar-refractivity contribution in [3.05, 3.63) is 54.1 Å². The summed E-state index contributed by atoms with van der Waals surface area (Å²) in [4.78, 5) is 4.04. The Morgan fingerprint density at radius 2 is 1.81 bits per heavy atom. The number of aromatic nitrogens is 1. The minimum absolute atomic E-state index is 0.0400. The van der Waals surface area contributed by atoms with Crippen LogP contribution in [0.3, 0.4) is 0 Å². The van der Waals surface area contributed by atoms with Crippen LogP contribution >= 0.6 is 0 Å². The molecule has 0 spiro atoms. The van der Waals surface area contributed by atoms with E-state index in [4.69, 9.17) is 4.74 Å². The molecule has 1 aromatic carbocycles. The van der Waals surface area contributed by atoms with Gasteiger partial charge in [-0.05, 0) is 25.5 Å². The topological polar surface area (TPSA) is 68.3 Å². The molecule has 0 saturated heterocycles. The Bertz CT molecular complexity index is 685. The number of sulfonamides is 1. The summed E-state index contributed by atoms with van der Waals surface area (Å²) in [6, 6.07) is 14.1. The molecule has 1 N–H and O–H groups in total. The highest BCUT2D eigenvalue weighted by molar-refractivity contribution is 7.89. The molecule has 2 rings (SSSR count). The Labute approximate surface area is 125 Å². The molecule has 2 aromatic rings. The van der Waals surface area contributed by atoms with E-state index in [9.17, 15) is 8.42 Å². The summed E-state index contributed by atoms with van der Waals surface area (Å²) < 4.78 is 32.1. The number of rotatable bonds is 6. The highest BCUT2D eigenvalue weighted by atomic mass is 32.2. The van der Waals surface area contributed by atoms with Crippen LogP contribution in [0.25, 0.3) is 0 Å². The molecule has 0 aliphatic heterocycles. The zero-order valence-electron chi connectivity index (χ0n) is 12.0. The Morgan fingerprint density at radius 3 is 2.48 bits per heavy atom. The first-order valence-corrected chi connectivity index (χ1v) is 8.12. The molecule has 0 aliphatic rings. The summed E-state index contributed by atoms with van der Waals surface area (Å²) in [6.45, 7) is 3.86. The van der Waals surface area contributed by atoms with Gasteiger partial charge in [0.2, 0.25) is 5.88 Å². The van der Waals surface area contributed by atoms with Gasteiger partial charge in [0.05, 0.1) is 0 Å². The van der Waals surface area contributed by atoms with Crippen LogP contribution in [0.2, 0.25) is 0 Å². The van der Waals surface area contributed by atoms with E-state index in [2.05, 4.69) is 9.71 Å². The fourth-order valence-electron chi connectivity index (χ4n) is 1.73. The Morgan fingerprint density at radius 1 is 1.10 bits per heavy atom. The molecular formula is C15H18N2O3S. The molecule has 6 heteroatoms. The highest BCUT2D eigenvalue weighted by Crippen LogP contribution is 2.14. The van der Waals surface area contributed by atoms with Gasteiger partial charge in [0.15, 0.2) is 5.03 Å². The smallest absolute Gasteiger partial charge is 0.258 e. The molecule has 0 unspecified atom stereocenters. The van der Waals surface area contributed by atoms with E-state index in [0.717, 1.165) is 5.56 Å². The van der Waals surface area contributed by atoms with Gasteiger partial charge in [0, 0.05) is 12.1 Å². The minimum atomic E-state index is -3.61. The van der Waals surface area contributed by atoms with E-state index in [1.807, 2.05) is 30.3 Å². The first-order valence-electron chi connectivity index (χ1n) is 6.63. The van der Waals surface area contributed by atoms with Crippen LogP contribution in [-0.4, -0.2) is 19.4 Å². The molecule has 0 fully saturated rings. The van der Waals surface area contributed by atoms with E-state index < -0.39 is 10.0 Å². The molecule has 112 valence electrons. The molecule has 0 radical (unpaired) electrons. The van der Waals surface area contributed by atoms with E-state index in [0.29, 0.717) is 6.61 Å². The number of hydrogen-bond donors (Lipinski definition) is 1. The zero-order valence-corrected chi connectivity index (χ0v) is 12.8. The van der Waals surface area contributed by atoms with E-state index in [1.54, 1.807) is 26.0 Å². The van der Waals surface area contributed by atoms with Gasteiger partial charge in [-0.15, -0.1) is 0 Å². The SMILES string of the molecule is CC(C)NS(=O)(=O)c1cccc(OCc2ccccc2)n1. The number of nitrogens with zero attached hydrogens (tertiary/aromatic N) is 1. The average molecular weight is 306 g/mol. The monoisotopic (exact) mass is 306 g/mol. The second kappa shape index (κ2) is 6.69. The molecule has 0 saturated carbocycles. The lowest BCUT2D eigenvalue weighted by atomic mass is 10.2. The maximum atomic E-state index is 12.0. The fourth-order valence-corrected chi connectivity index (χ4v) is 2.94. The lowest BCUT2D eigenvalue weighted by molar-refractivity contribution is 0.291. The van der Waals surface area contributed by atoms with Crippen LogP contribution in [0.15, 0.2) is 53.6 Å². The second-order valence-corrected chi connectivity index (χ2v) is 6.53. The number of hydrogen-bond acceptors (Lipinski definition) is 4. The van der Waals surface area contributed by atoms with Gasteiger partial charge in [-0.2, -0.15) is 0 Å². The van der Waals surface area contributed by atoms with Crippen molar-refractivity contribution in [2.45, 2.75) is 31.5 Å². The van der Waals surface area contributed by atoms with Crippen molar-refractivity contribution >= 4 is 10.0 Å². The third-order valence-corrected chi connectivity index (χ3v) is 4.15.